The fraction of sp³-hybridized carbons (Fsp3) is 0.400. The Morgan fingerprint density at radius 2 is 1.79 bits per heavy atom. The summed E-state index contributed by atoms with van der Waals surface area (Å²) in [6.45, 7) is 3.70. The first-order chi connectivity index (χ1) is 13.8. The normalized spacial score (nSPS) is 29.3. The van der Waals surface area contributed by atoms with Crippen LogP contribution in [0.5, 0.6) is 0 Å². The van der Waals surface area contributed by atoms with Crippen molar-refractivity contribution < 1.29 is 19.3 Å². The quantitative estimate of drug-likeness (QED) is 0.628. The minimum Gasteiger partial charge on any atom is -0.386 e. The average molecular weight is 436 g/mol. The molecule has 29 heavy (non-hydrogen) atoms. The summed E-state index contributed by atoms with van der Waals surface area (Å²) in [6, 6.07) is 8.85. The molecule has 3 aromatic rings. The first-order valence-electron chi connectivity index (χ1n) is 9.26. The predicted molar refractivity (Wildman–Crippen MR) is 107 cm³/mol. The standard InChI is InChI=1S/C20H19Cl2N3O4/c1-20(2)28-15-14(13(26)10-3-5-11(21)6-4-10)27-19(16(15)29-20)25-8-7-12-17(22)23-9-24-18(12)25/h3-9,13-16,19,26H,1-2H3/t13-,14-,15-,16-,19-/m1/s1. The van der Waals surface area contributed by atoms with Gasteiger partial charge in [0.05, 0.1) is 5.39 Å². The fourth-order valence-electron chi connectivity index (χ4n) is 4.08. The van der Waals surface area contributed by atoms with Crippen LogP contribution in [0, 0.1) is 0 Å². The number of hydrogen-bond donors (Lipinski definition) is 1. The molecule has 2 fully saturated rings. The minimum absolute atomic E-state index is 0.366. The van der Waals surface area contributed by atoms with Crippen LogP contribution in [0.1, 0.15) is 31.7 Å². The number of halogens is 2. The van der Waals surface area contributed by atoms with E-state index in [4.69, 9.17) is 37.4 Å². The molecule has 1 aromatic carbocycles. The lowest BCUT2D eigenvalue weighted by molar-refractivity contribution is -0.207. The van der Waals surface area contributed by atoms with Crippen molar-refractivity contribution in [2.75, 3.05) is 0 Å². The molecule has 0 saturated carbocycles. The maximum atomic E-state index is 11.0. The Kier molecular flexibility index (Phi) is 4.58. The zero-order valence-electron chi connectivity index (χ0n) is 15.7. The van der Waals surface area contributed by atoms with Gasteiger partial charge in [-0.3, -0.25) is 0 Å². The molecule has 7 nitrogen and oxygen atoms in total. The van der Waals surface area contributed by atoms with Crippen molar-refractivity contribution in [3.8, 4) is 0 Å². The third-order valence-corrected chi connectivity index (χ3v) is 5.88. The molecule has 4 heterocycles. The van der Waals surface area contributed by atoms with Crippen molar-refractivity contribution in [3.63, 3.8) is 0 Å². The summed E-state index contributed by atoms with van der Waals surface area (Å²) in [5.41, 5.74) is 1.32. The van der Waals surface area contributed by atoms with Crippen LogP contribution in [-0.2, 0) is 14.2 Å². The molecule has 2 aliphatic rings. The number of fused-ring (bicyclic) bond motifs is 2. The van der Waals surface area contributed by atoms with Gasteiger partial charge in [-0.2, -0.15) is 0 Å². The van der Waals surface area contributed by atoms with Gasteiger partial charge in [0.25, 0.3) is 0 Å². The number of benzene rings is 1. The minimum atomic E-state index is -0.915. The van der Waals surface area contributed by atoms with E-state index < -0.39 is 36.4 Å². The Labute approximate surface area is 177 Å². The summed E-state index contributed by atoms with van der Waals surface area (Å²) in [4.78, 5) is 8.37. The molecule has 9 heteroatoms. The second-order valence-electron chi connectivity index (χ2n) is 7.68. The fourth-order valence-corrected chi connectivity index (χ4v) is 4.40. The van der Waals surface area contributed by atoms with Crippen LogP contribution >= 0.6 is 23.2 Å². The number of aliphatic hydroxyl groups is 1. The molecule has 0 radical (unpaired) electrons. The van der Waals surface area contributed by atoms with Crippen LogP contribution in [0.15, 0.2) is 42.9 Å². The molecule has 2 aromatic heterocycles. The number of hydrogen-bond acceptors (Lipinski definition) is 6. The van der Waals surface area contributed by atoms with Crippen molar-refractivity contribution in [3.05, 3.63) is 58.6 Å². The van der Waals surface area contributed by atoms with Crippen LogP contribution < -0.4 is 0 Å². The van der Waals surface area contributed by atoms with E-state index in [1.165, 1.54) is 6.33 Å². The maximum absolute atomic E-state index is 11.0. The van der Waals surface area contributed by atoms with Crippen molar-refractivity contribution in [1.29, 1.82) is 0 Å². The number of rotatable bonds is 3. The smallest absolute Gasteiger partial charge is 0.164 e. The van der Waals surface area contributed by atoms with Crippen LogP contribution in [0.25, 0.3) is 11.0 Å². The average Bonchev–Trinajstić information content (AvgIpc) is 3.33. The van der Waals surface area contributed by atoms with E-state index in [-0.39, 0.29) is 0 Å². The number of aromatic nitrogens is 3. The van der Waals surface area contributed by atoms with Crippen molar-refractivity contribution >= 4 is 34.2 Å². The Morgan fingerprint density at radius 3 is 2.55 bits per heavy atom. The van der Waals surface area contributed by atoms with Gasteiger partial charge in [0.15, 0.2) is 12.0 Å². The lowest BCUT2D eigenvalue weighted by atomic mass is 9.99. The van der Waals surface area contributed by atoms with Gasteiger partial charge in [0, 0.05) is 11.2 Å². The number of nitrogens with zero attached hydrogens (tertiary/aromatic N) is 3. The van der Waals surface area contributed by atoms with Gasteiger partial charge in [-0.15, -0.1) is 0 Å². The van der Waals surface area contributed by atoms with Gasteiger partial charge < -0.3 is 23.9 Å². The molecule has 152 valence electrons. The van der Waals surface area contributed by atoms with Gasteiger partial charge in [0.2, 0.25) is 0 Å². The predicted octanol–water partition coefficient (Wildman–Crippen LogP) is 3.89. The Balaban J connectivity index is 1.53. The van der Waals surface area contributed by atoms with Crippen LogP contribution in [0.2, 0.25) is 10.2 Å². The molecule has 0 amide bonds. The van der Waals surface area contributed by atoms with Gasteiger partial charge in [-0.1, -0.05) is 35.3 Å². The van der Waals surface area contributed by atoms with Crippen LogP contribution in [-0.4, -0.2) is 43.7 Å². The molecule has 0 bridgehead atoms. The SMILES string of the molecule is CC1(C)O[C@H]2[C@@H](O1)[C@H](n1ccc3c(Cl)ncnc31)O[C@@H]2[C@H](O)c1ccc(Cl)cc1. The van der Waals surface area contributed by atoms with E-state index in [1.807, 2.05) is 30.7 Å². The van der Waals surface area contributed by atoms with Crippen molar-refractivity contribution in [2.45, 2.75) is 50.3 Å². The van der Waals surface area contributed by atoms with Crippen LogP contribution in [0.3, 0.4) is 0 Å². The summed E-state index contributed by atoms with van der Waals surface area (Å²) in [5.74, 6) is -0.801. The summed E-state index contributed by atoms with van der Waals surface area (Å²) >= 11 is 12.2. The molecule has 5 atom stereocenters. The number of ether oxygens (including phenoxy) is 3. The monoisotopic (exact) mass is 435 g/mol. The molecule has 5 rings (SSSR count). The van der Waals surface area contributed by atoms with E-state index in [1.54, 1.807) is 24.3 Å². The highest BCUT2D eigenvalue weighted by Crippen LogP contribution is 2.47. The molecular weight excluding hydrogens is 417 g/mol. The molecule has 0 spiro atoms. The van der Waals surface area contributed by atoms with Gasteiger partial charge in [0.1, 0.15) is 41.5 Å². The van der Waals surface area contributed by atoms with Gasteiger partial charge in [-0.25, -0.2) is 9.97 Å². The molecular formula is C20H19Cl2N3O4. The van der Waals surface area contributed by atoms with E-state index in [0.29, 0.717) is 26.8 Å². The van der Waals surface area contributed by atoms with Gasteiger partial charge in [-0.05, 0) is 37.6 Å². The molecule has 1 N–H and O–H groups in total. The Hall–Kier alpha value is -1.74. The van der Waals surface area contributed by atoms with Gasteiger partial charge >= 0.3 is 0 Å². The second-order valence-corrected chi connectivity index (χ2v) is 8.47. The lowest BCUT2D eigenvalue weighted by Gasteiger charge is -2.27. The summed E-state index contributed by atoms with van der Waals surface area (Å²) in [6.07, 6.45) is 0.251. The molecule has 2 aliphatic heterocycles. The molecule has 0 unspecified atom stereocenters. The Morgan fingerprint density at radius 1 is 1.07 bits per heavy atom. The first-order valence-corrected chi connectivity index (χ1v) is 10.0. The zero-order valence-corrected chi connectivity index (χ0v) is 17.2. The van der Waals surface area contributed by atoms with Crippen LogP contribution in [0.4, 0.5) is 0 Å². The zero-order chi connectivity index (χ0) is 20.3. The van der Waals surface area contributed by atoms with E-state index in [9.17, 15) is 5.11 Å². The summed E-state index contributed by atoms with van der Waals surface area (Å²) in [5, 5.41) is 12.7. The highest BCUT2D eigenvalue weighted by molar-refractivity contribution is 6.33. The molecule has 0 aliphatic carbocycles. The first kappa shape index (κ1) is 19.2. The lowest BCUT2D eigenvalue weighted by Crippen LogP contribution is -2.34. The Bertz CT molecular complexity index is 1060. The highest BCUT2D eigenvalue weighted by atomic mass is 35.5. The number of aliphatic hydroxyl groups excluding tert-OH is 1. The third-order valence-electron chi connectivity index (χ3n) is 5.32. The summed E-state index contributed by atoms with van der Waals surface area (Å²) in [7, 11) is 0. The van der Waals surface area contributed by atoms with E-state index in [0.717, 1.165) is 0 Å². The largest absolute Gasteiger partial charge is 0.386 e. The second kappa shape index (κ2) is 6.91. The van der Waals surface area contributed by atoms with E-state index >= 15 is 0 Å². The topological polar surface area (TPSA) is 78.6 Å². The van der Waals surface area contributed by atoms with Crippen molar-refractivity contribution in [1.82, 2.24) is 14.5 Å². The molecule has 2 saturated heterocycles. The summed E-state index contributed by atoms with van der Waals surface area (Å²) < 4.78 is 20.4. The van der Waals surface area contributed by atoms with E-state index in [2.05, 4.69) is 9.97 Å². The third kappa shape index (κ3) is 3.22. The maximum Gasteiger partial charge on any atom is 0.164 e. The van der Waals surface area contributed by atoms with Crippen molar-refractivity contribution in [2.24, 2.45) is 0 Å². The highest BCUT2D eigenvalue weighted by Gasteiger charge is 2.58.